The van der Waals surface area contributed by atoms with Gasteiger partial charge in [-0.15, -0.1) is 0 Å². The second-order valence-electron chi connectivity index (χ2n) is 5.94. The van der Waals surface area contributed by atoms with E-state index in [1.165, 1.54) is 0 Å². The molecule has 1 N–H and O–H groups in total. The zero-order valence-electron chi connectivity index (χ0n) is 13.7. The summed E-state index contributed by atoms with van der Waals surface area (Å²) >= 11 is 0. The number of amides is 1. The molecular formula is C21H17F2NO. The Bertz CT molecular complexity index is 839. The molecule has 3 aromatic rings. The molecule has 0 aliphatic carbocycles. The van der Waals surface area contributed by atoms with Crippen LogP contribution < -0.4 is 5.32 Å². The molecule has 2 nitrogen and oxygen atoms in total. The van der Waals surface area contributed by atoms with Gasteiger partial charge in [0.15, 0.2) is 0 Å². The first kappa shape index (κ1) is 16.8. The van der Waals surface area contributed by atoms with Crippen LogP contribution in [0.15, 0.2) is 78.9 Å². The predicted molar refractivity (Wildman–Crippen MR) is 93.2 cm³/mol. The fourth-order valence-electron chi connectivity index (χ4n) is 2.82. The molecule has 0 bridgehead atoms. The van der Waals surface area contributed by atoms with Crippen LogP contribution in [-0.4, -0.2) is 5.91 Å². The summed E-state index contributed by atoms with van der Waals surface area (Å²) in [4.78, 5) is 12.7. The van der Waals surface area contributed by atoms with Crippen molar-refractivity contribution in [1.29, 1.82) is 0 Å². The number of hydrogen-bond donors (Lipinski definition) is 1. The lowest BCUT2D eigenvalue weighted by Crippen LogP contribution is -2.44. The Kier molecular flexibility index (Phi) is 4.61. The van der Waals surface area contributed by atoms with Gasteiger partial charge in [-0.2, -0.15) is 0 Å². The molecule has 4 heteroatoms. The average Bonchev–Trinajstić information content (AvgIpc) is 2.63. The van der Waals surface area contributed by atoms with Crippen molar-refractivity contribution in [2.45, 2.75) is 12.5 Å². The first-order valence-electron chi connectivity index (χ1n) is 7.89. The topological polar surface area (TPSA) is 29.1 Å². The molecule has 0 unspecified atom stereocenters. The van der Waals surface area contributed by atoms with Crippen molar-refractivity contribution in [3.8, 4) is 0 Å². The molecule has 0 fully saturated rings. The smallest absolute Gasteiger partial charge is 0.255 e. The van der Waals surface area contributed by atoms with Crippen molar-refractivity contribution >= 4 is 5.91 Å². The fourth-order valence-corrected chi connectivity index (χ4v) is 2.82. The lowest BCUT2D eigenvalue weighted by Gasteiger charge is -2.32. The second-order valence-corrected chi connectivity index (χ2v) is 5.94. The van der Waals surface area contributed by atoms with Crippen LogP contribution in [0.1, 0.15) is 28.4 Å². The number of hydrogen-bond acceptors (Lipinski definition) is 1. The molecule has 0 radical (unpaired) electrons. The van der Waals surface area contributed by atoms with Gasteiger partial charge in [0.05, 0.1) is 11.1 Å². The van der Waals surface area contributed by atoms with Gasteiger partial charge in [-0.25, -0.2) is 8.78 Å². The molecule has 0 saturated carbocycles. The van der Waals surface area contributed by atoms with Gasteiger partial charge >= 0.3 is 0 Å². The third kappa shape index (κ3) is 3.43. The maximum absolute atomic E-state index is 14.0. The maximum atomic E-state index is 14.0. The van der Waals surface area contributed by atoms with Gasteiger partial charge in [-0.1, -0.05) is 60.7 Å². The SMILES string of the molecule is CC(NC(=O)c1ccc(F)cc1F)(c1ccccc1)c1ccccc1. The number of benzene rings is 3. The minimum atomic E-state index is -0.888. The largest absolute Gasteiger partial charge is 0.339 e. The number of halogens is 2. The zero-order valence-corrected chi connectivity index (χ0v) is 13.7. The van der Waals surface area contributed by atoms with Crippen molar-refractivity contribution in [1.82, 2.24) is 5.32 Å². The third-order valence-corrected chi connectivity index (χ3v) is 4.24. The molecule has 3 rings (SSSR count). The highest BCUT2D eigenvalue weighted by molar-refractivity contribution is 5.95. The summed E-state index contributed by atoms with van der Waals surface area (Å²) in [7, 11) is 0. The Morgan fingerprint density at radius 2 is 1.36 bits per heavy atom. The molecule has 126 valence electrons. The monoisotopic (exact) mass is 337 g/mol. The van der Waals surface area contributed by atoms with Crippen LogP contribution in [0.25, 0.3) is 0 Å². The summed E-state index contributed by atoms with van der Waals surface area (Å²) in [5, 5.41) is 2.90. The van der Waals surface area contributed by atoms with Crippen molar-refractivity contribution in [3.05, 3.63) is 107 Å². The van der Waals surface area contributed by atoms with Gasteiger partial charge in [-0.3, -0.25) is 4.79 Å². The first-order chi connectivity index (χ1) is 12.0. The van der Waals surface area contributed by atoms with E-state index in [1.807, 2.05) is 67.6 Å². The molecule has 3 aromatic carbocycles. The molecule has 1 amide bonds. The lowest BCUT2D eigenvalue weighted by molar-refractivity contribution is 0.0915. The molecule has 25 heavy (non-hydrogen) atoms. The Morgan fingerprint density at radius 1 is 0.840 bits per heavy atom. The summed E-state index contributed by atoms with van der Waals surface area (Å²) < 4.78 is 27.1. The number of rotatable bonds is 4. The van der Waals surface area contributed by atoms with Crippen LogP contribution in [0.4, 0.5) is 8.78 Å². The molecule has 0 saturated heterocycles. The van der Waals surface area contributed by atoms with E-state index in [2.05, 4.69) is 5.32 Å². The van der Waals surface area contributed by atoms with E-state index in [9.17, 15) is 13.6 Å². The molecular weight excluding hydrogens is 320 g/mol. The number of carbonyl (C=O) groups excluding carboxylic acids is 1. The Balaban J connectivity index is 2.03. The van der Waals surface area contributed by atoms with Gasteiger partial charge in [0.2, 0.25) is 0 Å². The molecule has 0 spiro atoms. The highest BCUT2D eigenvalue weighted by atomic mass is 19.1. The summed E-state index contributed by atoms with van der Waals surface area (Å²) in [6.45, 7) is 1.86. The van der Waals surface area contributed by atoms with Crippen LogP contribution in [-0.2, 0) is 5.54 Å². The lowest BCUT2D eigenvalue weighted by atomic mass is 9.84. The predicted octanol–water partition coefficient (Wildman–Crippen LogP) is 4.66. The van der Waals surface area contributed by atoms with E-state index in [0.29, 0.717) is 6.07 Å². The molecule has 0 heterocycles. The van der Waals surface area contributed by atoms with E-state index < -0.39 is 23.1 Å². The molecule has 0 atom stereocenters. The van der Waals surface area contributed by atoms with Gasteiger partial charge in [0, 0.05) is 6.07 Å². The van der Waals surface area contributed by atoms with Gasteiger partial charge in [0.1, 0.15) is 11.6 Å². The summed E-state index contributed by atoms with van der Waals surface area (Å²) in [5.41, 5.74) is 0.661. The van der Waals surface area contributed by atoms with Crippen molar-refractivity contribution in [3.63, 3.8) is 0 Å². The van der Waals surface area contributed by atoms with Gasteiger partial charge < -0.3 is 5.32 Å². The molecule has 0 aromatic heterocycles. The van der Waals surface area contributed by atoms with Crippen LogP contribution in [0, 0.1) is 11.6 Å². The second kappa shape index (κ2) is 6.85. The van der Waals surface area contributed by atoms with Gasteiger partial charge in [0.25, 0.3) is 5.91 Å². The highest BCUT2D eigenvalue weighted by Crippen LogP contribution is 2.29. The van der Waals surface area contributed by atoms with E-state index in [1.54, 1.807) is 0 Å². The van der Waals surface area contributed by atoms with E-state index in [0.717, 1.165) is 23.3 Å². The quantitative estimate of drug-likeness (QED) is 0.737. The maximum Gasteiger partial charge on any atom is 0.255 e. The fraction of sp³-hybridized carbons (Fsp3) is 0.0952. The van der Waals surface area contributed by atoms with Crippen LogP contribution in [0.2, 0.25) is 0 Å². The normalized spacial score (nSPS) is 11.2. The van der Waals surface area contributed by atoms with E-state index in [-0.39, 0.29) is 5.56 Å². The Labute approximate surface area is 145 Å². The highest BCUT2D eigenvalue weighted by Gasteiger charge is 2.31. The number of carbonyl (C=O) groups is 1. The van der Waals surface area contributed by atoms with Crippen LogP contribution in [0.5, 0.6) is 0 Å². The van der Waals surface area contributed by atoms with Crippen LogP contribution >= 0.6 is 0 Å². The minimum absolute atomic E-state index is 0.195. The van der Waals surface area contributed by atoms with Crippen molar-refractivity contribution in [2.24, 2.45) is 0 Å². The Hall–Kier alpha value is -3.01. The first-order valence-corrected chi connectivity index (χ1v) is 7.89. The average molecular weight is 337 g/mol. The zero-order chi connectivity index (χ0) is 17.9. The number of nitrogens with one attached hydrogen (secondary N) is 1. The summed E-state index contributed by atoms with van der Waals surface area (Å²) in [6, 6.07) is 21.8. The molecule has 0 aliphatic rings. The minimum Gasteiger partial charge on any atom is -0.339 e. The Morgan fingerprint density at radius 3 is 1.84 bits per heavy atom. The van der Waals surface area contributed by atoms with E-state index in [4.69, 9.17) is 0 Å². The third-order valence-electron chi connectivity index (χ3n) is 4.24. The van der Waals surface area contributed by atoms with Gasteiger partial charge in [-0.05, 0) is 30.2 Å². The van der Waals surface area contributed by atoms with E-state index >= 15 is 0 Å². The van der Waals surface area contributed by atoms with Crippen LogP contribution in [0.3, 0.4) is 0 Å². The standard InChI is InChI=1S/C21H17F2NO/c1-21(15-8-4-2-5-9-15,16-10-6-3-7-11-16)24-20(25)18-13-12-17(22)14-19(18)23/h2-14H,1H3,(H,24,25). The summed E-state index contributed by atoms with van der Waals surface area (Å²) in [5.74, 6) is -2.21. The summed E-state index contributed by atoms with van der Waals surface area (Å²) in [6.07, 6.45) is 0. The van der Waals surface area contributed by atoms with Crippen molar-refractivity contribution in [2.75, 3.05) is 0 Å². The van der Waals surface area contributed by atoms with Crippen molar-refractivity contribution < 1.29 is 13.6 Å². The molecule has 0 aliphatic heterocycles.